The van der Waals surface area contributed by atoms with E-state index in [1.807, 2.05) is 0 Å². The SMILES string of the molecule is COc1cc(-c2c3c4cc(OC)c(OC(=O)[C@H](C)NC(=O)OC(C)(C)C)cc4oc(=O)c3n3ccc4cc(OC(=O)[C@H](C)NC(=O)OC(C)(C)C)c(OC)cc4c23)ccc1OC(=O)[C@H](C)NC(=O)OC(C)(C)C. The third-order valence-electron chi connectivity index (χ3n) is 10.5. The number of alkyl carbamates (subject to hydrolysis) is 3. The van der Waals surface area contributed by atoms with Crippen molar-refractivity contribution in [3.05, 3.63) is 65.1 Å². The molecular formula is C52H60N4O17. The molecule has 0 spiro atoms. The lowest BCUT2D eigenvalue weighted by molar-refractivity contribution is -0.137. The van der Waals surface area contributed by atoms with Gasteiger partial charge >= 0.3 is 41.8 Å². The number of methoxy groups -OCH3 is 3. The predicted molar refractivity (Wildman–Crippen MR) is 267 cm³/mol. The number of carbonyl (C=O) groups excluding carboxylic acids is 6. The summed E-state index contributed by atoms with van der Waals surface area (Å²) in [6.07, 6.45) is -0.870. The molecule has 73 heavy (non-hydrogen) atoms. The van der Waals surface area contributed by atoms with E-state index in [9.17, 15) is 33.6 Å². The van der Waals surface area contributed by atoms with Crippen LogP contribution in [-0.4, -0.2) is 96.8 Å². The van der Waals surface area contributed by atoms with Crippen LogP contribution in [0, 0.1) is 0 Å². The number of ether oxygens (including phenoxy) is 9. The fourth-order valence-corrected chi connectivity index (χ4v) is 7.40. The van der Waals surface area contributed by atoms with E-state index in [0.717, 1.165) is 0 Å². The highest BCUT2D eigenvalue weighted by molar-refractivity contribution is 6.22. The molecule has 6 aromatic rings. The van der Waals surface area contributed by atoms with Crippen molar-refractivity contribution in [1.82, 2.24) is 20.4 Å². The molecule has 0 bridgehead atoms. The number of hydrogen-bond donors (Lipinski definition) is 3. The lowest BCUT2D eigenvalue weighted by atomic mass is 9.97. The maximum absolute atomic E-state index is 14.4. The molecule has 3 atom stereocenters. The molecule has 0 aliphatic carbocycles. The van der Waals surface area contributed by atoms with Gasteiger partial charge in [-0.1, -0.05) is 6.07 Å². The molecule has 0 saturated carbocycles. The first-order chi connectivity index (χ1) is 34.0. The van der Waals surface area contributed by atoms with E-state index in [0.29, 0.717) is 38.2 Å². The smallest absolute Gasteiger partial charge is 0.408 e. The van der Waals surface area contributed by atoms with Crippen LogP contribution in [0.15, 0.2) is 63.9 Å². The van der Waals surface area contributed by atoms with Crippen molar-refractivity contribution in [3.63, 3.8) is 0 Å². The third kappa shape index (κ3) is 12.6. The predicted octanol–water partition coefficient (Wildman–Crippen LogP) is 8.50. The van der Waals surface area contributed by atoms with E-state index in [2.05, 4.69) is 16.0 Å². The number of pyridine rings is 1. The Morgan fingerprint density at radius 1 is 0.521 bits per heavy atom. The average Bonchev–Trinajstić information content (AvgIpc) is 3.63. The number of nitrogens with one attached hydrogen (secondary N) is 3. The van der Waals surface area contributed by atoms with Crippen LogP contribution in [0.1, 0.15) is 83.1 Å². The Morgan fingerprint density at radius 2 is 0.945 bits per heavy atom. The molecule has 3 aromatic carbocycles. The Kier molecular flexibility index (Phi) is 15.5. The van der Waals surface area contributed by atoms with Gasteiger partial charge in [-0.25, -0.2) is 33.6 Å². The van der Waals surface area contributed by atoms with Crippen molar-refractivity contribution in [1.29, 1.82) is 0 Å². The quantitative estimate of drug-likeness (QED) is 0.0424. The molecule has 6 rings (SSSR count). The minimum Gasteiger partial charge on any atom is -0.493 e. The van der Waals surface area contributed by atoms with Crippen molar-refractivity contribution < 1.29 is 75.8 Å². The van der Waals surface area contributed by atoms with Gasteiger partial charge in [-0.05, 0) is 130 Å². The van der Waals surface area contributed by atoms with Crippen LogP contribution in [0.4, 0.5) is 14.4 Å². The summed E-state index contributed by atoms with van der Waals surface area (Å²) in [5.41, 5.74) is -1.98. The van der Waals surface area contributed by atoms with Gasteiger partial charge in [0.05, 0.1) is 26.8 Å². The highest BCUT2D eigenvalue weighted by atomic mass is 16.6. The van der Waals surface area contributed by atoms with Gasteiger partial charge in [-0.2, -0.15) is 0 Å². The Bertz CT molecular complexity index is 3230. The molecule has 0 aliphatic rings. The summed E-state index contributed by atoms with van der Waals surface area (Å²) >= 11 is 0. The minimum atomic E-state index is -1.18. The Labute approximate surface area is 419 Å². The van der Waals surface area contributed by atoms with Gasteiger partial charge in [0.25, 0.3) is 0 Å². The van der Waals surface area contributed by atoms with Crippen molar-refractivity contribution in [2.75, 3.05) is 21.3 Å². The van der Waals surface area contributed by atoms with Crippen LogP contribution in [-0.2, 0) is 28.6 Å². The van der Waals surface area contributed by atoms with Crippen LogP contribution < -0.4 is 50.0 Å². The number of amides is 3. The zero-order valence-corrected chi connectivity index (χ0v) is 43.3. The van der Waals surface area contributed by atoms with Gasteiger partial charge in [-0.15, -0.1) is 0 Å². The number of carbonyl (C=O) groups is 6. The topological polar surface area (TPSA) is 256 Å². The summed E-state index contributed by atoms with van der Waals surface area (Å²) in [4.78, 5) is 91.9. The summed E-state index contributed by atoms with van der Waals surface area (Å²) in [5.74, 6) is -2.45. The molecule has 0 fully saturated rings. The summed E-state index contributed by atoms with van der Waals surface area (Å²) in [6, 6.07) is 8.94. The van der Waals surface area contributed by atoms with Crippen LogP contribution >= 0.6 is 0 Å². The molecule has 21 nitrogen and oxygen atoms in total. The normalized spacial score (nSPS) is 13.1. The summed E-state index contributed by atoms with van der Waals surface area (Å²) in [5, 5.41) is 9.00. The maximum Gasteiger partial charge on any atom is 0.408 e. The molecule has 0 saturated heterocycles. The highest BCUT2D eigenvalue weighted by Gasteiger charge is 2.30. The van der Waals surface area contributed by atoms with Gasteiger partial charge in [0.15, 0.2) is 34.5 Å². The molecule has 3 N–H and O–H groups in total. The van der Waals surface area contributed by atoms with Crippen LogP contribution in [0.5, 0.6) is 34.5 Å². The number of nitrogens with zero attached hydrogens (tertiary/aromatic N) is 1. The molecule has 0 unspecified atom stereocenters. The van der Waals surface area contributed by atoms with Crippen LogP contribution in [0.3, 0.4) is 0 Å². The monoisotopic (exact) mass is 1010 g/mol. The van der Waals surface area contributed by atoms with Gasteiger partial charge in [0.1, 0.15) is 46.0 Å². The molecule has 3 amide bonds. The average molecular weight is 1010 g/mol. The zero-order chi connectivity index (χ0) is 54.1. The van der Waals surface area contributed by atoms with Gasteiger partial charge < -0.3 is 67.4 Å². The van der Waals surface area contributed by atoms with Gasteiger partial charge in [0, 0.05) is 34.0 Å². The van der Waals surface area contributed by atoms with Crippen LogP contribution in [0.25, 0.3) is 49.3 Å². The second kappa shape index (κ2) is 20.9. The van der Waals surface area contributed by atoms with Crippen molar-refractivity contribution in [2.24, 2.45) is 0 Å². The molecule has 0 radical (unpaired) electrons. The van der Waals surface area contributed by atoms with Crippen molar-refractivity contribution >= 4 is 74.3 Å². The van der Waals surface area contributed by atoms with E-state index in [4.69, 9.17) is 47.0 Å². The highest BCUT2D eigenvalue weighted by Crippen LogP contribution is 2.47. The first kappa shape index (κ1) is 54.1. The van der Waals surface area contributed by atoms with Gasteiger partial charge in [-0.3, -0.25) is 0 Å². The van der Waals surface area contributed by atoms with E-state index in [1.165, 1.54) is 60.3 Å². The van der Waals surface area contributed by atoms with Crippen molar-refractivity contribution in [3.8, 4) is 45.6 Å². The van der Waals surface area contributed by atoms with E-state index < -0.39 is 76.7 Å². The van der Waals surface area contributed by atoms with E-state index in [1.54, 1.807) is 103 Å². The minimum absolute atomic E-state index is 0.00969. The molecule has 0 aliphatic heterocycles. The van der Waals surface area contributed by atoms with E-state index in [-0.39, 0.29) is 45.6 Å². The van der Waals surface area contributed by atoms with Crippen LogP contribution in [0.2, 0.25) is 0 Å². The van der Waals surface area contributed by atoms with Gasteiger partial charge in [0.2, 0.25) is 0 Å². The molecular weight excluding hydrogens is 953 g/mol. The first-order valence-electron chi connectivity index (χ1n) is 23.0. The second-order valence-corrected chi connectivity index (χ2v) is 19.8. The zero-order valence-electron chi connectivity index (χ0n) is 43.3. The standard InChI is InChI=1S/C52H60N4O17/c1-25(53-47(61)71-50(4,5)6)43(57)67-32-17-16-29(21-34(32)64-13)39-40-31-23-36(66-15)38(70-45(59)27(3)55-49(63)73-52(10,11)12)24-33(31)68-46(60)42(40)56-19-18-28-20-37(35(65-14)22-30(28)41(39)56)69-44(58)26(2)54-48(62)72-51(7,8)9/h16-27H,1-15H3,(H,53,61)(H,54,62)(H,55,63)/t25-,26-,27-/m0/s1. The molecule has 3 aromatic heterocycles. The fourth-order valence-electron chi connectivity index (χ4n) is 7.40. The first-order valence-corrected chi connectivity index (χ1v) is 23.0. The third-order valence-corrected chi connectivity index (χ3v) is 10.5. The lowest BCUT2D eigenvalue weighted by Gasteiger charge is -2.21. The Balaban J connectivity index is 1.54. The lowest BCUT2D eigenvalue weighted by Crippen LogP contribution is -2.43. The number of benzene rings is 3. The number of aromatic nitrogens is 1. The maximum atomic E-state index is 14.4. The summed E-state index contributed by atoms with van der Waals surface area (Å²) in [7, 11) is 4.09. The van der Waals surface area contributed by atoms with E-state index >= 15 is 0 Å². The largest absolute Gasteiger partial charge is 0.493 e. The Morgan fingerprint density at radius 3 is 1.40 bits per heavy atom. The molecule has 3 heterocycles. The van der Waals surface area contributed by atoms with Crippen molar-refractivity contribution in [2.45, 2.75) is 118 Å². The Hall–Kier alpha value is -8.23. The number of rotatable bonds is 13. The second-order valence-electron chi connectivity index (χ2n) is 19.8. The number of fused-ring (bicyclic) bond motifs is 7. The molecule has 390 valence electrons. The summed E-state index contributed by atoms with van der Waals surface area (Å²) in [6.45, 7) is 19.4. The molecule has 21 heteroatoms. The summed E-state index contributed by atoms with van der Waals surface area (Å²) < 4.78 is 57.9. The number of hydrogen-bond acceptors (Lipinski definition) is 17. The fraction of sp³-hybridized carbons (Fsp3) is 0.404. The number of esters is 3.